The summed E-state index contributed by atoms with van der Waals surface area (Å²) in [7, 11) is 0. The summed E-state index contributed by atoms with van der Waals surface area (Å²) in [5, 5.41) is 3.48. The van der Waals surface area contributed by atoms with Gasteiger partial charge in [0.05, 0.1) is 17.6 Å². The third-order valence-corrected chi connectivity index (χ3v) is 4.64. The van der Waals surface area contributed by atoms with Crippen LogP contribution in [0.4, 0.5) is 0 Å². The largest absolute Gasteiger partial charge is 0.452 e. The molecule has 0 bridgehead atoms. The lowest BCUT2D eigenvalue weighted by Gasteiger charge is -2.06. The number of hydrogen-bond donors (Lipinski definition) is 2. The van der Waals surface area contributed by atoms with Crippen molar-refractivity contribution in [3.8, 4) is 0 Å². The molecule has 0 radical (unpaired) electrons. The number of pyridine rings is 1. The Morgan fingerprint density at radius 3 is 2.66 bits per heavy atom. The number of aryl methyl sites for hydroxylation is 1. The smallest absolute Gasteiger partial charge is 0.331 e. The summed E-state index contributed by atoms with van der Waals surface area (Å²) in [6, 6.07) is 11.3. The molecule has 2 N–H and O–H groups in total. The number of esters is 1. The summed E-state index contributed by atoms with van der Waals surface area (Å²) in [4.78, 5) is 43.7. The van der Waals surface area contributed by atoms with Gasteiger partial charge in [-0.05, 0) is 25.1 Å². The van der Waals surface area contributed by atoms with Crippen molar-refractivity contribution in [1.82, 2.24) is 20.8 Å². The van der Waals surface area contributed by atoms with E-state index in [1.807, 2.05) is 42.6 Å². The lowest BCUT2D eigenvalue weighted by molar-refractivity contribution is -0.144. The van der Waals surface area contributed by atoms with Crippen LogP contribution in [0.15, 0.2) is 47.9 Å². The van der Waals surface area contributed by atoms with Gasteiger partial charge >= 0.3 is 5.97 Å². The standard InChI is InChI=1S/C20H18N4O4S/c1-13-12-29-19(21-13)10-17(25)23-24-18(26)11-28-20(27)9-8-15-7-6-14-4-2-3-5-16(14)22-15/h2-9,12H,10-11H2,1H3,(H,23,25)(H,24,26)/b9-8+. The Morgan fingerprint density at radius 2 is 1.86 bits per heavy atom. The zero-order valence-electron chi connectivity index (χ0n) is 15.5. The van der Waals surface area contributed by atoms with Crippen molar-refractivity contribution in [2.24, 2.45) is 0 Å². The minimum atomic E-state index is -0.695. The van der Waals surface area contributed by atoms with E-state index >= 15 is 0 Å². The van der Waals surface area contributed by atoms with Gasteiger partial charge in [-0.3, -0.25) is 20.4 Å². The van der Waals surface area contributed by atoms with Crippen LogP contribution in [-0.2, 0) is 25.5 Å². The number of benzene rings is 1. The number of para-hydroxylation sites is 1. The van der Waals surface area contributed by atoms with Crippen LogP contribution >= 0.6 is 11.3 Å². The van der Waals surface area contributed by atoms with E-state index < -0.39 is 24.4 Å². The molecule has 148 valence electrons. The Hall–Kier alpha value is -3.59. The van der Waals surface area contributed by atoms with Crippen LogP contribution in [0.1, 0.15) is 16.4 Å². The molecule has 8 nitrogen and oxygen atoms in total. The van der Waals surface area contributed by atoms with Crippen LogP contribution in [0.5, 0.6) is 0 Å². The molecular formula is C20H18N4O4S. The molecule has 3 aromatic rings. The Labute approximate surface area is 170 Å². The maximum absolute atomic E-state index is 11.8. The van der Waals surface area contributed by atoms with Gasteiger partial charge in [0.15, 0.2) is 6.61 Å². The van der Waals surface area contributed by atoms with Gasteiger partial charge in [0.1, 0.15) is 5.01 Å². The minimum absolute atomic E-state index is 0.0556. The van der Waals surface area contributed by atoms with Crippen molar-refractivity contribution in [3.05, 3.63) is 64.2 Å². The number of amides is 2. The van der Waals surface area contributed by atoms with E-state index in [1.165, 1.54) is 23.5 Å². The number of aromatic nitrogens is 2. The average Bonchev–Trinajstić information content (AvgIpc) is 3.13. The normalized spacial score (nSPS) is 10.8. The first kappa shape index (κ1) is 20.2. The number of thiazole rings is 1. The monoisotopic (exact) mass is 410 g/mol. The molecule has 0 fully saturated rings. The topological polar surface area (TPSA) is 110 Å². The zero-order chi connectivity index (χ0) is 20.6. The highest BCUT2D eigenvalue weighted by Gasteiger charge is 2.09. The summed E-state index contributed by atoms with van der Waals surface area (Å²) in [5.74, 6) is -1.76. The summed E-state index contributed by atoms with van der Waals surface area (Å²) < 4.78 is 4.84. The SMILES string of the molecule is Cc1csc(CC(=O)NNC(=O)COC(=O)/C=C/c2ccc3ccccc3n2)n1. The number of carbonyl (C=O) groups excluding carboxylic acids is 3. The fraction of sp³-hybridized carbons (Fsp3) is 0.150. The van der Waals surface area contributed by atoms with Gasteiger partial charge in [0.2, 0.25) is 5.91 Å². The number of fused-ring (bicyclic) bond motifs is 1. The predicted octanol–water partition coefficient (Wildman–Crippen LogP) is 1.95. The van der Waals surface area contributed by atoms with Gasteiger partial charge < -0.3 is 4.74 Å². The highest BCUT2D eigenvalue weighted by molar-refractivity contribution is 7.09. The molecule has 29 heavy (non-hydrogen) atoms. The molecule has 0 saturated heterocycles. The molecule has 0 aliphatic heterocycles. The molecule has 0 aliphatic carbocycles. The van der Waals surface area contributed by atoms with Crippen LogP contribution < -0.4 is 10.9 Å². The van der Waals surface area contributed by atoms with Crippen molar-refractivity contribution < 1.29 is 19.1 Å². The summed E-state index contributed by atoms with van der Waals surface area (Å²) in [6.07, 6.45) is 2.75. The number of nitrogens with one attached hydrogen (secondary N) is 2. The van der Waals surface area contributed by atoms with E-state index in [-0.39, 0.29) is 6.42 Å². The first-order valence-corrected chi connectivity index (χ1v) is 9.57. The van der Waals surface area contributed by atoms with Gasteiger partial charge in [0, 0.05) is 22.5 Å². The van der Waals surface area contributed by atoms with E-state index in [2.05, 4.69) is 20.8 Å². The highest BCUT2D eigenvalue weighted by Crippen LogP contribution is 2.12. The van der Waals surface area contributed by atoms with Crippen molar-refractivity contribution in [1.29, 1.82) is 0 Å². The van der Waals surface area contributed by atoms with E-state index in [9.17, 15) is 14.4 Å². The molecule has 2 heterocycles. The van der Waals surface area contributed by atoms with Crippen LogP contribution in [0.25, 0.3) is 17.0 Å². The van der Waals surface area contributed by atoms with Crippen molar-refractivity contribution in [3.63, 3.8) is 0 Å². The Bertz CT molecular complexity index is 1080. The third-order valence-electron chi connectivity index (χ3n) is 3.68. The van der Waals surface area contributed by atoms with Gasteiger partial charge in [0.25, 0.3) is 5.91 Å². The Morgan fingerprint density at radius 1 is 1.07 bits per heavy atom. The van der Waals surface area contributed by atoms with Gasteiger partial charge in [-0.15, -0.1) is 11.3 Å². The van der Waals surface area contributed by atoms with E-state index in [0.717, 1.165) is 16.6 Å². The first-order chi connectivity index (χ1) is 14.0. The quantitative estimate of drug-likeness (QED) is 0.365. The molecule has 1 aromatic carbocycles. The Kier molecular flexibility index (Phi) is 6.64. The number of carbonyl (C=O) groups is 3. The second-order valence-corrected chi connectivity index (χ2v) is 6.97. The third kappa shape index (κ3) is 6.22. The molecule has 0 aliphatic rings. The van der Waals surface area contributed by atoms with Gasteiger partial charge in [-0.2, -0.15) is 0 Å². The number of rotatable bonds is 6. The van der Waals surface area contributed by atoms with Crippen molar-refractivity contribution >= 4 is 46.1 Å². The molecule has 0 spiro atoms. The molecule has 0 saturated carbocycles. The molecule has 2 aromatic heterocycles. The second kappa shape index (κ2) is 9.56. The fourth-order valence-electron chi connectivity index (χ4n) is 2.35. The van der Waals surface area contributed by atoms with Crippen LogP contribution in [-0.4, -0.2) is 34.4 Å². The van der Waals surface area contributed by atoms with E-state index in [1.54, 1.807) is 6.07 Å². The van der Waals surface area contributed by atoms with E-state index in [0.29, 0.717) is 10.7 Å². The maximum atomic E-state index is 11.8. The second-order valence-electron chi connectivity index (χ2n) is 6.03. The predicted molar refractivity (Wildman–Crippen MR) is 109 cm³/mol. The molecule has 0 atom stereocenters. The first-order valence-electron chi connectivity index (χ1n) is 8.69. The lowest BCUT2D eigenvalue weighted by Crippen LogP contribution is -2.44. The van der Waals surface area contributed by atoms with Gasteiger partial charge in [-0.1, -0.05) is 24.3 Å². The highest BCUT2D eigenvalue weighted by atomic mass is 32.1. The minimum Gasteiger partial charge on any atom is -0.452 e. The van der Waals surface area contributed by atoms with E-state index in [4.69, 9.17) is 4.74 Å². The molecular weight excluding hydrogens is 392 g/mol. The lowest BCUT2D eigenvalue weighted by atomic mass is 10.2. The van der Waals surface area contributed by atoms with Crippen LogP contribution in [0.2, 0.25) is 0 Å². The zero-order valence-corrected chi connectivity index (χ0v) is 16.4. The maximum Gasteiger partial charge on any atom is 0.331 e. The molecule has 2 amide bonds. The number of hydrazine groups is 1. The fourth-order valence-corrected chi connectivity index (χ4v) is 3.12. The number of nitrogens with zero attached hydrogens (tertiary/aromatic N) is 2. The molecule has 0 unspecified atom stereocenters. The summed E-state index contributed by atoms with van der Waals surface area (Å²) in [5.41, 5.74) is 6.67. The number of ether oxygens (including phenoxy) is 1. The van der Waals surface area contributed by atoms with Gasteiger partial charge in [-0.25, -0.2) is 14.8 Å². The molecule has 3 rings (SSSR count). The summed E-state index contributed by atoms with van der Waals surface area (Å²) >= 11 is 1.36. The summed E-state index contributed by atoms with van der Waals surface area (Å²) in [6.45, 7) is 1.31. The van der Waals surface area contributed by atoms with Crippen molar-refractivity contribution in [2.75, 3.05) is 6.61 Å². The Balaban J connectivity index is 1.40. The van der Waals surface area contributed by atoms with Crippen LogP contribution in [0.3, 0.4) is 0 Å². The van der Waals surface area contributed by atoms with Crippen molar-refractivity contribution in [2.45, 2.75) is 13.3 Å². The average molecular weight is 410 g/mol. The molecule has 9 heteroatoms. The van der Waals surface area contributed by atoms with Crippen LogP contribution in [0, 0.1) is 6.92 Å². The number of hydrogen-bond acceptors (Lipinski definition) is 7.